The van der Waals surface area contributed by atoms with Gasteiger partial charge in [-0.15, -0.1) is 0 Å². The summed E-state index contributed by atoms with van der Waals surface area (Å²) in [5.41, 5.74) is 16.8. The zero-order valence-electron chi connectivity index (χ0n) is 34.7. The average molecular weight is 819 g/mol. The van der Waals surface area contributed by atoms with Crippen molar-refractivity contribution in [1.29, 1.82) is 0 Å². The van der Waals surface area contributed by atoms with Gasteiger partial charge in [0.2, 0.25) is 0 Å². The van der Waals surface area contributed by atoms with E-state index >= 15 is 0 Å². The number of fused-ring (bicyclic) bond motifs is 9. The molecular formula is C60H38N2O2. The summed E-state index contributed by atoms with van der Waals surface area (Å²) in [6, 6.07) is 82.1. The van der Waals surface area contributed by atoms with E-state index < -0.39 is 0 Å². The lowest BCUT2D eigenvalue weighted by Gasteiger charge is -2.27. The molecule has 13 rings (SSSR count). The Balaban J connectivity index is 0.995. The molecule has 300 valence electrons. The Kier molecular flexibility index (Phi) is 8.18. The van der Waals surface area contributed by atoms with Crippen molar-refractivity contribution in [1.82, 2.24) is 4.57 Å². The summed E-state index contributed by atoms with van der Waals surface area (Å²) in [4.78, 5) is 2.37. The maximum Gasteiger partial charge on any atom is 0.145 e. The first-order valence-corrected chi connectivity index (χ1v) is 21.7. The van der Waals surface area contributed by atoms with E-state index in [2.05, 4.69) is 228 Å². The fourth-order valence-electron chi connectivity index (χ4n) is 9.90. The Hall–Kier alpha value is -8.60. The van der Waals surface area contributed by atoms with Crippen molar-refractivity contribution in [3.05, 3.63) is 231 Å². The van der Waals surface area contributed by atoms with E-state index in [1.807, 2.05) is 12.1 Å². The lowest BCUT2D eigenvalue weighted by Crippen LogP contribution is -2.10. The predicted molar refractivity (Wildman–Crippen MR) is 266 cm³/mol. The Morgan fingerprint density at radius 2 is 0.859 bits per heavy atom. The third kappa shape index (κ3) is 5.70. The van der Waals surface area contributed by atoms with Gasteiger partial charge in [0.1, 0.15) is 22.3 Å². The molecule has 0 saturated heterocycles. The summed E-state index contributed by atoms with van der Waals surface area (Å²) in [5.74, 6) is 0. The molecule has 0 aliphatic rings. The second-order valence-corrected chi connectivity index (χ2v) is 16.4. The lowest BCUT2D eigenvalue weighted by atomic mass is 9.98. The number of furan rings is 2. The molecule has 13 aromatic rings. The van der Waals surface area contributed by atoms with Gasteiger partial charge < -0.3 is 18.3 Å². The van der Waals surface area contributed by atoms with Gasteiger partial charge in [-0.3, -0.25) is 0 Å². The van der Waals surface area contributed by atoms with E-state index in [-0.39, 0.29) is 0 Å². The Bertz CT molecular complexity index is 3840. The van der Waals surface area contributed by atoms with Gasteiger partial charge in [-0.2, -0.15) is 0 Å². The van der Waals surface area contributed by atoms with Crippen LogP contribution in [0.2, 0.25) is 0 Å². The molecule has 0 amide bonds. The Morgan fingerprint density at radius 1 is 0.328 bits per heavy atom. The highest BCUT2D eigenvalue weighted by Gasteiger charge is 2.23. The molecule has 3 aromatic heterocycles. The van der Waals surface area contributed by atoms with Gasteiger partial charge >= 0.3 is 0 Å². The third-order valence-electron chi connectivity index (χ3n) is 12.8. The van der Waals surface area contributed by atoms with Gasteiger partial charge in [0.05, 0.1) is 22.1 Å². The van der Waals surface area contributed by atoms with Crippen molar-refractivity contribution in [3.63, 3.8) is 0 Å². The van der Waals surface area contributed by atoms with Gasteiger partial charge in [-0.1, -0.05) is 152 Å². The molecule has 0 aliphatic carbocycles. The molecule has 64 heavy (non-hydrogen) atoms. The monoisotopic (exact) mass is 818 g/mol. The van der Waals surface area contributed by atoms with Crippen LogP contribution in [-0.2, 0) is 0 Å². The molecule has 0 atom stereocenters. The van der Waals surface area contributed by atoms with Crippen molar-refractivity contribution < 1.29 is 8.83 Å². The van der Waals surface area contributed by atoms with Crippen molar-refractivity contribution >= 4 is 82.7 Å². The number of hydrogen-bond donors (Lipinski definition) is 0. The molecule has 0 bridgehead atoms. The normalized spacial score (nSPS) is 11.8. The topological polar surface area (TPSA) is 34.5 Å². The fourth-order valence-corrected chi connectivity index (χ4v) is 9.90. The molecule has 3 heterocycles. The molecule has 0 fully saturated rings. The largest absolute Gasteiger partial charge is 0.456 e. The minimum atomic E-state index is 0.846. The van der Waals surface area contributed by atoms with Crippen molar-refractivity contribution in [3.8, 4) is 39.1 Å². The smallest absolute Gasteiger partial charge is 0.145 e. The van der Waals surface area contributed by atoms with Gasteiger partial charge in [0, 0.05) is 49.6 Å². The lowest BCUT2D eigenvalue weighted by molar-refractivity contribution is 0.669. The first-order chi connectivity index (χ1) is 31.7. The van der Waals surface area contributed by atoms with Crippen LogP contribution >= 0.6 is 0 Å². The van der Waals surface area contributed by atoms with E-state index in [4.69, 9.17) is 8.83 Å². The van der Waals surface area contributed by atoms with E-state index in [1.165, 1.54) is 27.4 Å². The minimum absolute atomic E-state index is 0.846. The molecule has 4 heteroatoms. The summed E-state index contributed by atoms with van der Waals surface area (Å²) < 4.78 is 15.6. The number of benzene rings is 10. The van der Waals surface area contributed by atoms with Crippen LogP contribution in [0.25, 0.3) is 105 Å². The van der Waals surface area contributed by atoms with Crippen molar-refractivity contribution in [2.24, 2.45) is 0 Å². The summed E-state index contributed by atoms with van der Waals surface area (Å²) in [6.45, 7) is 0. The van der Waals surface area contributed by atoms with E-state index in [1.54, 1.807) is 0 Å². The van der Waals surface area contributed by atoms with Crippen molar-refractivity contribution in [2.45, 2.75) is 0 Å². The SMILES string of the molecule is c1ccc(-c2ccc(N(c3ccc(-c4cccc5oc6ccccc6c45)cc3)c3ccc(-c4cccc(-n5c6ccccc6c6ccccc65)c4)c4oc5ccccc5c34)cc2)cc1. The van der Waals surface area contributed by atoms with Crippen molar-refractivity contribution in [2.75, 3.05) is 4.90 Å². The Morgan fingerprint density at radius 3 is 1.56 bits per heavy atom. The van der Waals surface area contributed by atoms with E-state index in [0.29, 0.717) is 0 Å². The summed E-state index contributed by atoms with van der Waals surface area (Å²) in [5, 5.41) is 6.85. The molecule has 0 N–H and O–H groups in total. The summed E-state index contributed by atoms with van der Waals surface area (Å²) >= 11 is 0. The molecule has 0 radical (unpaired) electrons. The standard InChI is InChI=1S/C60H38N2O2/c1-2-14-39(15-3-1)40-28-32-43(33-29-40)61(44-34-30-41(31-35-44)46-22-13-27-57-58(46)50-20-6-10-25-55(50)63-57)54-37-36-47(60-59(54)51-21-7-11-26-56(51)64-60)42-16-12-17-45(38-42)62-52-23-8-4-18-48(52)49-19-5-9-24-53(49)62/h1-38H. The van der Waals surface area contributed by atoms with Crippen LogP contribution in [0.15, 0.2) is 239 Å². The van der Waals surface area contributed by atoms with Crippen LogP contribution in [0.4, 0.5) is 17.1 Å². The number of aromatic nitrogens is 1. The number of anilines is 3. The van der Waals surface area contributed by atoms with Gasteiger partial charge in [0.25, 0.3) is 0 Å². The second kappa shape index (κ2) is 14.5. The van der Waals surface area contributed by atoms with Crippen LogP contribution in [0.3, 0.4) is 0 Å². The number of rotatable bonds is 7. The van der Waals surface area contributed by atoms with Crippen LogP contribution < -0.4 is 4.90 Å². The van der Waals surface area contributed by atoms with Crippen LogP contribution in [-0.4, -0.2) is 4.57 Å². The van der Waals surface area contributed by atoms with Crippen LogP contribution in [0.1, 0.15) is 0 Å². The first-order valence-electron chi connectivity index (χ1n) is 21.7. The first kappa shape index (κ1) is 36.1. The van der Waals surface area contributed by atoms with Crippen LogP contribution in [0, 0.1) is 0 Å². The molecule has 10 aromatic carbocycles. The van der Waals surface area contributed by atoms with E-state index in [0.717, 1.165) is 94.4 Å². The van der Waals surface area contributed by atoms with E-state index in [9.17, 15) is 0 Å². The molecular weight excluding hydrogens is 781 g/mol. The van der Waals surface area contributed by atoms with Crippen LogP contribution in [0.5, 0.6) is 0 Å². The average Bonchev–Trinajstić information content (AvgIpc) is 4.05. The van der Waals surface area contributed by atoms with Gasteiger partial charge in [-0.05, 0) is 107 Å². The zero-order valence-corrected chi connectivity index (χ0v) is 34.7. The molecule has 0 aliphatic heterocycles. The molecule has 4 nitrogen and oxygen atoms in total. The highest BCUT2D eigenvalue weighted by Crippen LogP contribution is 2.47. The third-order valence-corrected chi connectivity index (χ3v) is 12.8. The number of para-hydroxylation sites is 4. The molecule has 0 spiro atoms. The van der Waals surface area contributed by atoms with Gasteiger partial charge in [-0.25, -0.2) is 0 Å². The highest BCUT2D eigenvalue weighted by molar-refractivity contribution is 6.18. The summed E-state index contributed by atoms with van der Waals surface area (Å²) in [6.07, 6.45) is 0. The molecule has 0 unspecified atom stereocenters. The predicted octanol–water partition coefficient (Wildman–Crippen LogP) is 17.1. The number of hydrogen-bond acceptors (Lipinski definition) is 3. The maximum atomic E-state index is 6.95. The second-order valence-electron chi connectivity index (χ2n) is 16.4. The van der Waals surface area contributed by atoms with Gasteiger partial charge in [0.15, 0.2) is 0 Å². The quantitative estimate of drug-likeness (QED) is 0.161. The fraction of sp³-hybridized carbons (Fsp3) is 0. The maximum absolute atomic E-state index is 6.95. The Labute approximate surface area is 369 Å². The number of nitrogens with zero attached hydrogens (tertiary/aromatic N) is 2. The minimum Gasteiger partial charge on any atom is -0.456 e. The molecule has 0 saturated carbocycles. The zero-order chi connectivity index (χ0) is 42.1. The highest BCUT2D eigenvalue weighted by atomic mass is 16.3. The summed E-state index contributed by atoms with van der Waals surface area (Å²) in [7, 11) is 0.